The van der Waals surface area contributed by atoms with Crippen LogP contribution in [0.1, 0.15) is 37.4 Å². The molecule has 0 radical (unpaired) electrons. The van der Waals surface area contributed by atoms with Gasteiger partial charge in [0.1, 0.15) is 21.5 Å². The number of carbonyl (C=O) groups excluding carboxylic acids is 1. The molecule has 0 atom stereocenters. The van der Waals surface area contributed by atoms with Crippen LogP contribution in [0.25, 0.3) is 11.0 Å². The Hall–Kier alpha value is -1.96. The fourth-order valence-electron chi connectivity index (χ4n) is 3.24. The van der Waals surface area contributed by atoms with Crippen LogP contribution >= 0.6 is 0 Å². The average Bonchev–Trinajstić information content (AvgIpc) is 2.96. The third-order valence-electron chi connectivity index (χ3n) is 4.60. The fourth-order valence-corrected chi connectivity index (χ4v) is 3.91. The zero-order valence-corrected chi connectivity index (χ0v) is 15.0. The number of piperidine rings is 1. The molecular weight excluding hydrogens is 345 g/mol. The van der Waals surface area contributed by atoms with E-state index in [0.29, 0.717) is 25.0 Å². The van der Waals surface area contributed by atoms with E-state index in [9.17, 15) is 17.6 Å². The second-order valence-corrected chi connectivity index (χ2v) is 8.93. The second-order valence-electron chi connectivity index (χ2n) is 6.67. The molecule has 6 nitrogen and oxygen atoms in total. The molecule has 0 aliphatic carbocycles. The van der Waals surface area contributed by atoms with Crippen LogP contribution in [-0.4, -0.2) is 54.3 Å². The number of aromatic amines is 1. The Morgan fingerprint density at radius 2 is 2.08 bits per heavy atom. The third kappa shape index (κ3) is 4.56. The first-order valence-corrected chi connectivity index (χ1v) is 10.5. The molecule has 136 valence electrons. The minimum absolute atomic E-state index is 0.00813. The minimum atomic E-state index is -3.02. The number of amides is 1. The highest BCUT2D eigenvalue weighted by Crippen LogP contribution is 2.28. The maximum atomic E-state index is 13.3. The molecule has 8 heteroatoms. The summed E-state index contributed by atoms with van der Waals surface area (Å²) in [6.07, 6.45) is 3.40. The average molecular weight is 367 g/mol. The van der Waals surface area contributed by atoms with E-state index >= 15 is 0 Å². The Labute approximate surface area is 146 Å². The molecule has 1 aromatic heterocycles. The monoisotopic (exact) mass is 367 g/mol. The van der Waals surface area contributed by atoms with Gasteiger partial charge in [-0.25, -0.2) is 17.8 Å². The van der Waals surface area contributed by atoms with Crippen LogP contribution in [-0.2, 0) is 14.6 Å². The van der Waals surface area contributed by atoms with Crippen LogP contribution in [0.4, 0.5) is 4.39 Å². The van der Waals surface area contributed by atoms with Gasteiger partial charge in [0, 0.05) is 31.7 Å². The molecular formula is C17H22FN3O3S. The van der Waals surface area contributed by atoms with Gasteiger partial charge in [0.15, 0.2) is 0 Å². The van der Waals surface area contributed by atoms with Crippen molar-refractivity contribution in [1.82, 2.24) is 14.9 Å². The molecule has 0 saturated carbocycles. The summed E-state index contributed by atoms with van der Waals surface area (Å²) >= 11 is 0. The van der Waals surface area contributed by atoms with Gasteiger partial charge in [-0.1, -0.05) is 0 Å². The van der Waals surface area contributed by atoms with Crippen molar-refractivity contribution in [3.63, 3.8) is 0 Å². The van der Waals surface area contributed by atoms with Gasteiger partial charge in [-0.05, 0) is 37.5 Å². The normalized spacial score (nSPS) is 16.5. The number of hydrogen-bond donors (Lipinski definition) is 1. The van der Waals surface area contributed by atoms with Gasteiger partial charge in [-0.3, -0.25) is 4.79 Å². The molecule has 1 fully saturated rings. The molecule has 1 amide bonds. The number of benzene rings is 1. The molecule has 3 rings (SSSR count). The zero-order chi connectivity index (χ0) is 18.0. The highest BCUT2D eigenvalue weighted by molar-refractivity contribution is 7.90. The molecule has 1 N–H and O–H groups in total. The van der Waals surface area contributed by atoms with E-state index in [0.717, 1.165) is 24.2 Å². The van der Waals surface area contributed by atoms with E-state index in [1.54, 1.807) is 11.0 Å². The van der Waals surface area contributed by atoms with Gasteiger partial charge in [0.05, 0.1) is 16.8 Å². The lowest BCUT2D eigenvalue weighted by Gasteiger charge is -2.31. The zero-order valence-electron chi connectivity index (χ0n) is 14.2. The first-order valence-electron chi connectivity index (χ1n) is 8.42. The Morgan fingerprint density at radius 3 is 2.76 bits per heavy atom. The number of fused-ring (bicyclic) bond motifs is 1. The number of likely N-dealkylation sites (tertiary alicyclic amines) is 1. The van der Waals surface area contributed by atoms with Crippen molar-refractivity contribution < 1.29 is 17.6 Å². The first-order chi connectivity index (χ1) is 11.8. The van der Waals surface area contributed by atoms with Crippen molar-refractivity contribution in [2.75, 3.05) is 25.1 Å². The van der Waals surface area contributed by atoms with E-state index in [1.165, 1.54) is 18.4 Å². The summed E-state index contributed by atoms with van der Waals surface area (Å²) in [5, 5.41) is 0. The quantitative estimate of drug-likeness (QED) is 0.878. The van der Waals surface area contributed by atoms with Crippen molar-refractivity contribution in [2.24, 2.45) is 0 Å². The largest absolute Gasteiger partial charge is 0.343 e. The van der Waals surface area contributed by atoms with Crippen molar-refractivity contribution in [3.05, 3.63) is 29.8 Å². The molecule has 0 bridgehead atoms. The van der Waals surface area contributed by atoms with E-state index in [-0.39, 0.29) is 29.8 Å². The number of halogens is 1. The molecule has 1 aliphatic rings. The van der Waals surface area contributed by atoms with E-state index in [4.69, 9.17) is 0 Å². The fraction of sp³-hybridized carbons (Fsp3) is 0.529. The van der Waals surface area contributed by atoms with E-state index in [2.05, 4.69) is 9.97 Å². The lowest BCUT2D eigenvalue weighted by molar-refractivity contribution is -0.132. The first kappa shape index (κ1) is 17.8. The number of imidazole rings is 1. The Bertz CT molecular complexity index is 870. The molecule has 0 spiro atoms. The summed E-state index contributed by atoms with van der Waals surface area (Å²) in [4.78, 5) is 21.7. The molecule has 2 aromatic rings. The van der Waals surface area contributed by atoms with Crippen molar-refractivity contribution in [1.29, 1.82) is 0 Å². The van der Waals surface area contributed by atoms with Crippen LogP contribution < -0.4 is 0 Å². The van der Waals surface area contributed by atoms with Crippen molar-refractivity contribution >= 4 is 26.8 Å². The van der Waals surface area contributed by atoms with Crippen molar-refractivity contribution in [2.45, 2.75) is 31.6 Å². The Balaban J connectivity index is 1.54. The molecule has 1 aromatic carbocycles. The van der Waals surface area contributed by atoms with E-state index in [1.807, 2.05) is 0 Å². The second kappa shape index (κ2) is 7.11. The van der Waals surface area contributed by atoms with Gasteiger partial charge in [0.2, 0.25) is 5.91 Å². The van der Waals surface area contributed by atoms with Gasteiger partial charge < -0.3 is 9.88 Å². The lowest BCUT2D eigenvalue weighted by Crippen LogP contribution is -2.38. The number of H-pyrrole nitrogens is 1. The highest BCUT2D eigenvalue weighted by Gasteiger charge is 2.25. The molecule has 1 saturated heterocycles. The SMILES string of the molecule is CS(=O)(=O)CCCC(=O)N1CCC(c2nc3ccc(F)cc3[nH]2)CC1. The summed E-state index contributed by atoms with van der Waals surface area (Å²) in [5.41, 5.74) is 1.44. The number of aromatic nitrogens is 2. The minimum Gasteiger partial charge on any atom is -0.343 e. The lowest BCUT2D eigenvalue weighted by atomic mass is 9.96. The predicted octanol–water partition coefficient (Wildman–Crippen LogP) is 2.23. The maximum absolute atomic E-state index is 13.3. The van der Waals surface area contributed by atoms with Crippen LogP contribution in [0.3, 0.4) is 0 Å². The Kier molecular flexibility index (Phi) is 5.08. The van der Waals surface area contributed by atoms with Gasteiger partial charge >= 0.3 is 0 Å². The number of hydrogen-bond acceptors (Lipinski definition) is 4. The van der Waals surface area contributed by atoms with Crippen LogP contribution in [0.5, 0.6) is 0 Å². The summed E-state index contributed by atoms with van der Waals surface area (Å²) in [5.74, 6) is 0.816. The molecule has 0 unspecified atom stereocenters. The Morgan fingerprint density at radius 1 is 1.36 bits per heavy atom. The summed E-state index contributed by atoms with van der Waals surface area (Å²) < 4.78 is 35.5. The van der Waals surface area contributed by atoms with Crippen LogP contribution in [0.15, 0.2) is 18.2 Å². The van der Waals surface area contributed by atoms with Gasteiger partial charge in [-0.15, -0.1) is 0 Å². The van der Waals surface area contributed by atoms with Gasteiger partial charge in [-0.2, -0.15) is 0 Å². The number of nitrogens with zero attached hydrogens (tertiary/aromatic N) is 2. The van der Waals surface area contributed by atoms with Crippen LogP contribution in [0.2, 0.25) is 0 Å². The van der Waals surface area contributed by atoms with Crippen molar-refractivity contribution in [3.8, 4) is 0 Å². The predicted molar refractivity (Wildman–Crippen MR) is 93.6 cm³/mol. The number of nitrogens with one attached hydrogen (secondary N) is 1. The van der Waals surface area contributed by atoms with Crippen LogP contribution in [0, 0.1) is 5.82 Å². The summed E-state index contributed by atoms with van der Waals surface area (Å²) in [7, 11) is -3.02. The third-order valence-corrected chi connectivity index (χ3v) is 5.63. The number of rotatable bonds is 5. The topological polar surface area (TPSA) is 83.1 Å². The molecule has 25 heavy (non-hydrogen) atoms. The molecule has 1 aliphatic heterocycles. The highest BCUT2D eigenvalue weighted by atomic mass is 32.2. The van der Waals surface area contributed by atoms with Gasteiger partial charge in [0.25, 0.3) is 0 Å². The number of carbonyl (C=O) groups is 1. The maximum Gasteiger partial charge on any atom is 0.222 e. The molecule has 2 heterocycles. The summed E-state index contributed by atoms with van der Waals surface area (Å²) in [6.45, 7) is 1.27. The summed E-state index contributed by atoms with van der Waals surface area (Å²) in [6, 6.07) is 4.49. The standard InChI is InChI=1S/C17H22FN3O3S/c1-25(23,24)10-2-3-16(22)21-8-6-12(7-9-21)17-19-14-5-4-13(18)11-15(14)20-17/h4-5,11-12H,2-3,6-10H2,1H3,(H,19,20). The smallest absolute Gasteiger partial charge is 0.222 e. The van der Waals surface area contributed by atoms with E-state index < -0.39 is 9.84 Å². The number of sulfone groups is 1.